The summed E-state index contributed by atoms with van der Waals surface area (Å²) in [7, 11) is 1.24. The molecule has 0 aromatic heterocycles. The molecule has 0 rings (SSSR count). The summed E-state index contributed by atoms with van der Waals surface area (Å²) in [5, 5.41) is 8.69. The van der Waals surface area contributed by atoms with Crippen LogP contribution in [0, 0.1) is 0 Å². The monoisotopic (exact) mass is 177 g/mol. The standard InChI is InChI=1S/C8H17NO3/c1-8(2,3)12-7(11)9(4)5-6-10/h10H,5-6H2,1-4H3/i5D2. The van der Waals surface area contributed by atoms with Gasteiger partial charge in [-0.05, 0) is 20.8 Å². The molecule has 0 saturated carbocycles. The Hall–Kier alpha value is -0.770. The predicted octanol–water partition coefficient (Wildman–Crippen LogP) is 0.846. The Morgan fingerprint density at radius 1 is 1.67 bits per heavy atom. The molecule has 4 heteroatoms. The average molecular weight is 177 g/mol. The molecular weight excluding hydrogens is 158 g/mol. The molecule has 72 valence electrons. The summed E-state index contributed by atoms with van der Waals surface area (Å²) in [6.45, 7) is 2.21. The molecule has 12 heavy (non-hydrogen) atoms. The third-order valence-electron chi connectivity index (χ3n) is 0.975. The van der Waals surface area contributed by atoms with Gasteiger partial charge in [0.05, 0.1) is 9.35 Å². The summed E-state index contributed by atoms with van der Waals surface area (Å²) in [6.07, 6.45) is -0.795. The average Bonchev–Trinajstić information content (AvgIpc) is 2.00. The largest absolute Gasteiger partial charge is 0.444 e. The first-order valence-corrected chi connectivity index (χ1v) is 3.68. The Balaban J connectivity index is 4.41. The smallest absolute Gasteiger partial charge is 0.410 e. The quantitative estimate of drug-likeness (QED) is 0.680. The number of likely N-dealkylation sites (N-methyl/N-ethyl adjacent to an activating group) is 1. The molecule has 0 aromatic carbocycles. The van der Waals surface area contributed by atoms with Crippen molar-refractivity contribution < 1.29 is 17.4 Å². The zero-order valence-corrected chi connectivity index (χ0v) is 7.92. The number of aliphatic hydroxyl groups is 1. The third kappa shape index (κ3) is 4.96. The number of hydrogen-bond acceptors (Lipinski definition) is 3. The summed E-state index contributed by atoms with van der Waals surface area (Å²) in [4.78, 5) is 12.1. The molecule has 0 radical (unpaired) electrons. The SMILES string of the molecule is [2H]C([2H])(CO)N(C)C(=O)OC(C)(C)C. The molecule has 0 aliphatic heterocycles. The zero-order valence-electron chi connectivity index (χ0n) is 9.92. The van der Waals surface area contributed by atoms with E-state index < -0.39 is 24.8 Å². The van der Waals surface area contributed by atoms with E-state index in [0.717, 1.165) is 4.90 Å². The predicted molar refractivity (Wildman–Crippen MR) is 45.9 cm³/mol. The molecule has 1 amide bonds. The minimum atomic E-state index is -2.09. The highest BCUT2D eigenvalue weighted by atomic mass is 16.6. The molecular formula is C8H17NO3. The Morgan fingerprint density at radius 3 is 2.50 bits per heavy atom. The Bertz CT molecular complexity index is 213. The number of amides is 1. The van der Waals surface area contributed by atoms with E-state index in [-0.39, 0.29) is 0 Å². The fourth-order valence-electron chi connectivity index (χ4n) is 0.501. The first kappa shape index (κ1) is 7.86. The van der Waals surface area contributed by atoms with Crippen LogP contribution in [0.2, 0.25) is 0 Å². The van der Waals surface area contributed by atoms with Gasteiger partial charge in [-0.3, -0.25) is 0 Å². The molecule has 0 atom stereocenters. The van der Waals surface area contributed by atoms with Crippen LogP contribution in [0.5, 0.6) is 0 Å². The van der Waals surface area contributed by atoms with Crippen LogP contribution in [-0.4, -0.2) is 41.9 Å². The number of hydrogen-bond donors (Lipinski definition) is 1. The summed E-state index contributed by atoms with van der Waals surface area (Å²) in [5.74, 6) is 0. The maximum atomic E-state index is 11.3. The van der Waals surface area contributed by atoms with E-state index in [9.17, 15) is 4.79 Å². The van der Waals surface area contributed by atoms with Crippen molar-refractivity contribution in [1.82, 2.24) is 4.90 Å². The lowest BCUT2D eigenvalue weighted by Crippen LogP contribution is -2.35. The lowest BCUT2D eigenvalue weighted by Gasteiger charge is -2.24. The van der Waals surface area contributed by atoms with Crippen molar-refractivity contribution in [2.24, 2.45) is 0 Å². The van der Waals surface area contributed by atoms with Gasteiger partial charge in [0.15, 0.2) is 0 Å². The van der Waals surface area contributed by atoms with Crippen molar-refractivity contribution in [3.63, 3.8) is 0 Å². The zero-order chi connectivity index (χ0) is 11.6. The Labute approximate surface area is 75.9 Å². The first-order chi connectivity index (χ1) is 6.10. The lowest BCUT2D eigenvalue weighted by molar-refractivity contribution is 0.0272. The molecule has 0 bridgehead atoms. The van der Waals surface area contributed by atoms with Gasteiger partial charge in [-0.15, -0.1) is 0 Å². The molecule has 0 aromatic rings. The van der Waals surface area contributed by atoms with E-state index in [1.165, 1.54) is 7.05 Å². The maximum Gasteiger partial charge on any atom is 0.410 e. The Morgan fingerprint density at radius 2 is 2.17 bits per heavy atom. The maximum absolute atomic E-state index is 11.3. The summed E-state index contributed by atoms with van der Waals surface area (Å²) >= 11 is 0. The van der Waals surface area contributed by atoms with Gasteiger partial charge in [-0.2, -0.15) is 0 Å². The van der Waals surface area contributed by atoms with Gasteiger partial charge >= 0.3 is 6.09 Å². The van der Waals surface area contributed by atoms with Crippen LogP contribution in [0.25, 0.3) is 0 Å². The van der Waals surface area contributed by atoms with Gasteiger partial charge < -0.3 is 14.7 Å². The topological polar surface area (TPSA) is 49.8 Å². The molecule has 0 heterocycles. The van der Waals surface area contributed by atoms with Crippen LogP contribution in [0.15, 0.2) is 0 Å². The number of rotatable bonds is 2. The van der Waals surface area contributed by atoms with Crippen molar-refractivity contribution in [2.75, 3.05) is 20.2 Å². The minimum Gasteiger partial charge on any atom is -0.444 e. The first-order valence-electron chi connectivity index (χ1n) is 4.68. The van der Waals surface area contributed by atoms with Gasteiger partial charge in [-0.1, -0.05) is 0 Å². The van der Waals surface area contributed by atoms with Crippen LogP contribution in [0.1, 0.15) is 23.5 Å². The van der Waals surface area contributed by atoms with E-state index in [1.807, 2.05) is 0 Å². The highest BCUT2D eigenvalue weighted by Crippen LogP contribution is 2.08. The van der Waals surface area contributed by atoms with Gasteiger partial charge in [-0.25, -0.2) is 4.79 Å². The Kier molecular flexibility index (Phi) is 2.82. The van der Waals surface area contributed by atoms with Gasteiger partial charge in [0, 0.05) is 13.5 Å². The van der Waals surface area contributed by atoms with Crippen LogP contribution >= 0.6 is 0 Å². The summed E-state index contributed by atoms with van der Waals surface area (Å²) < 4.78 is 19.4. The normalized spacial score (nSPS) is 14.8. The van der Waals surface area contributed by atoms with Crippen LogP contribution in [-0.2, 0) is 4.74 Å². The molecule has 0 aliphatic carbocycles. The van der Waals surface area contributed by atoms with E-state index >= 15 is 0 Å². The highest BCUT2D eigenvalue weighted by Gasteiger charge is 2.18. The lowest BCUT2D eigenvalue weighted by atomic mass is 10.2. The second kappa shape index (κ2) is 4.30. The van der Waals surface area contributed by atoms with Crippen molar-refractivity contribution in [3.05, 3.63) is 0 Å². The van der Waals surface area contributed by atoms with Gasteiger partial charge in [0.1, 0.15) is 5.60 Å². The van der Waals surface area contributed by atoms with Crippen molar-refractivity contribution in [3.8, 4) is 0 Å². The third-order valence-corrected chi connectivity index (χ3v) is 0.975. The summed E-state index contributed by atoms with van der Waals surface area (Å²) in [5.41, 5.74) is -0.670. The highest BCUT2D eigenvalue weighted by molar-refractivity contribution is 5.67. The molecule has 0 unspecified atom stereocenters. The van der Waals surface area contributed by atoms with E-state index in [4.69, 9.17) is 12.6 Å². The van der Waals surface area contributed by atoms with Crippen LogP contribution in [0.3, 0.4) is 0 Å². The van der Waals surface area contributed by atoms with E-state index in [1.54, 1.807) is 20.8 Å². The van der Waals surface area contributed by atoms with Gasteiger partial charge in [0.2, 0.25) is 0 Å². The number of aliphatic hydroxyl groups excluding tert-OH is 1. The summed E-state index contributed by atoms with van der Waals surface area (Å²) in [6, 6.07) is 0. The van der Waals surface area contributed by atoms with Crippen LogP contribution in [0.4, 0.5) is 4.79 Å². The van der Waals surface area contributed by atoms with E-state index in [2.05, 4.69) is 0 Å². The fourth-order valence-corrected chi connectivity index (χ4v) is 0.501. The van der Waals surface area contributed by atoms with E-state index in [0.29, 0.717) is 0 Å². The number of nitrogens with zero attached hydrogens (tertiary/aromatic N) is 1. The number of carbonyl (C=O) groups excluding carboxylic acids is 1. The van der Waals surface area contributed by atoms with Crippen molar-refractivity contribution in [1.29, 1.82) is 0 Å². The second-order valence-corrected chi connectivity index (χ2v) is 3.36. The molecule has 0 spiro atoms. The van der Waals surface area contributed by atoms with Gasteiger partial charge in [0.25, 0.3) is 0 Å². The van der Waals surface area contributed by atoms with Crippen molar-refractivity contribution in [2.45, 2.75) is 26.4 Å². The number of ether oxygens (including phenoxy) is 1. The molecule has 4 nitrogen and oxygen atoms in total. The molecule has 0 fully saturated rings. The van der Waals surface area contributed by atoms with Crippen molar-refractivity contribution >= 4 is 6.09 Å². The fraction of sp³-hybridized carbons (Fsp3) is 0.875. The number of carbonyl (C=O) groups is 1. The van der Waals surface area contributed by atoms with Crippen LogP contribution < -0.4 is 0 Å². The minimum absolute atomic E-state index is 0.670. The molecule has 0 saturated heterocycles. The second-order valence-electron chi connectivity index (χ2n) is 3.36. The molecule has 0 aliphatic rings. The molecule has 1 N–H and O–H groups in total.